The number of carbonyl (C=O) groups is 1. The molecule has 0 amide bonds. The Balaban J connectivity index is 1.78. The topological polar surface area (TPSA) is 63.7 Å². The van der Waals surface area contributed by atoms with Gasteiger partial charge in [-0.2, -0.15) is 4.31 Å². The Hall–Kier alpha value is -1.66. The minimum atomic E-state index is -3.47. The van der Waals surface area contributed by atoms with Crippen molar-refractivity contribution in [3.8, 4) is 0 Å². The number of hydrogen-bond acceptors (Lipinski definition) is 4. The predicted molar refractivity (Wildman–Crippen MR) is 86.3 cm³/mol. The van der Waals surface area contributed by atoms with Crippen molar-refractivity contribution in [3.05, 3.63) is 41.5 Å². The summed E-state index contributed by atoms with van der Waals surface area (Å²) in [6.45, 7) is 4.22. The van der Waals surface area contributed by atoms with Crippen LogP contribution < -0.4 is 0 Å². The number of carbonyl (C=O) groups excluding carboxylic acids is 1. The molecule has 2 aliphatic rings. The average molecular weight is 335 g/mol. The second-order valence-electron chi connectivity index (χ2n) is 6.26. The second-order valence-corrected chi connectivity index (χ2v) is 8.20. The molecule has 1 heterocycles. The maximum atomic E-state index is 12.8. The highest BCUT2D eigenvalue weighted by atomic mass is 32.2. The van der Waals surface area contributed by atoms with Crippen molar-refractivity contribution in [2.45, 2.75) is 37.7 Å². The molecule has 1 aliphatic carbocycles. The van der Waals surface area contributed by atoms with Crippen molar-refractivity contribution in [2.75, 3.05) is 13.1 Å². The maximum absolute atomic E-state index is 12.8. The van der Waals surface area contributed by atoms with E-state index in [2.05, 4.69) is 0 Å². The van der Waals surface area contributed by atoms with E-state index < -0.39 is 10.0 Å². The van der Waals surface area contributed by atoms with Crippen LogP contribution in [0.15, 0.2) is 40.8 Å². The van der Waals surface area contributed by atoms with Crippen molar-refractivity contribution in [1.29, 1.82) is 0 Å². The number of esters is 1. The summed E-state index contributed by atoms with van der Waals surface area (Å²) in [5, 5.41) is 0. The fourth-order valence-electron chi connectivity index (χ4n) is 3.30. The molecule has 0 unspecified atom stereocenters. The lowest BCUT2D eigenvalue weighted by Gasteiger charge is -2.31. The number of ether oxygens (including phenoxy) is 1. The van der Waals surface area contributed by atoms with Crippen LogP contribution in [0.5, 0.6) is 0 Å². The Kier molecular flexibility index (Phi) is 4.29. The number of sulfonamides is 1. The lowest BCUT2D eigenvalue weighted by atomic mass is 9.94. The first-order chi connectivity index (χ1) is 10.9. The van der Waals surface area contributed by atoms with Gasteiger partial charge in [0.05, 0.1) is 4.90 Å². The molecule has 0 spiro atoms. The number of nitrogens with zero attached hydrogens (tertiary/aromatic N) is 1. The van der Waals surface area contributed by atoms with E-state index in [-0.39, 0.29) is 12.1 Å². The third-order valence-electron chi connectivity index (χ3n) is 4.50. The van der Waals surface area contributed by atoms with Crippen LogP contribution in [0, 0.1) is 12.8 Å². The van der Waals surface area contributed by atoms with E-state index in [0.29, 0.717) is 23.9 Å². The molecule has 1 aliphatic heterocycles. The molecule has 0 aromatic heterocycles. The van der Waals surface area contributed by atoms with Crippen LogP contribution >= 0.6 is 0 Å². The molecular weight excluding hydrogens is 314 g/mol. The van der Waals surface area contributed by atoms with E-state index in [0.717, 1.165) is 24.0 Å². The third-order valence-corrected chi connectivity index (χ3v) is 6.36. The SMILES string of the molecule is CC(=O)O[C@H]1C=C2CN(S(=O)(=O)c3ccc(C)cc3)CC[C@H]2C1. The monoisotopic (exact) mass is 335 g/mol. The van der Waals surface area contributed by atoms with Gasteiger partial charge in [-0.1, -0.05) is 23.3 Å². The van der Waals surface area contributed by atoms with E-state index >= 15 is 0 Å². The summed E-state index contributed by atoms with van der Waals surface area (Å²) in [6, 6.07) is 6.93. The largest absolute Gasteiger partial charge is 0.458 e. The van der Waals surface area contributed by atoms with Crippen molar-refractivity contribution < 1.29 is 17.9 Å². The summed E-state index contributed by atoms with van der Waals surface area (Å²) in [5.41, 5.74) is 2.10. The van der Waals surface area contributed by atoms with Crippen LogP contribution in [0.25, 0.3) is 0 Å². The smallest absolute Gasteiger partial charge is 0.303 e. The van der Waals surface area contributed by atoms with Gasteiger partial charge in [0.1, 0.15) is 6.10 Å². The zero-order chi connectivity index (χ0) is 16.6. The summed E-state index contributed by atoms with van der Waals surface area (Å²) in [5.74, 6) is 0.0263. The summed E-state index contributed by atoms with van der Waals surface area (Å²) in [4.78, 5) is 11.4. The number of rotatable bonds is 3. The predicted octanol–water partition coefficient (Wildman–Crippen LogP) is 2.27. The first-order valence-electron chi connectivity index (χ1n) is 7.81. The highest BCUT2D eigenvalue weighted by Gasteiger charge is 2.36. The lowest BCUT2D eigenvalue weighted by molar-refractivity contribution is -0.144. The Labute approximate surface area is 137 Å². The van der Waals surface area contributed by atoms with Crippen molar-refractivity contribution in [1.82, 2.24) is 4.31 Å². The molecule has 1 aromatic carbocycles. The quantitative estimate of drug-likeness (QED) is 0.628. The molecule has 5 nitrogen and oxygen atoms in total. The molecular formula is C17H21NO4S. The van der Waals surface area contributed by atoms with Gasteiger partial charge >= 0.3 is 5.97 Å². The van der Waals surface area contributed by atoms with Gasteiger partial charge < -0.3 is 4.74 Å². The molecule has 1 saturated heterocycles. The van der Waals surface area contributed by atoms with E-state index in [1.165, 1.54) is 11.2 Å². The number of hydrogen-bond donors (Lipinski definition) is 0. The van der Waals surface area contributed by atoms with Gasteiger partial charge in [-0.3, -0.25) is 4.79 Å². The van der Waals surface area contributed by atoms with E-state index in [4.69, 9.17) is 4.74 Å². The molecule has 0 bridgehead atoms. The van der Waals surface area contributed by atoms with Crippen LogP contribution in [0.3, 0.4) is 0 Å². The van der Waals surface area contributed by atoms with Gasteiger partial charge in [0.15, 0.2) is 0 Å². The average Bonchev–Trinajstić information content (AvgIpc) is 2.87. The molecule has 2 atom stereocenters. The minimum absolute atomic E-state index is 0.213. The second kappa shape index (κ2) is 6.09. The molecule has 1 fully saturated rings. The van der Waals surface area contributed by atoms with E-state index in [1.807, 2.05) is 25.1 Å². The Morgan fingerprint density at radius 3 is 2.61 bits per heavy atom. The number of aryl methyl sites for hydroxylation is 1. The lowest BCUT2D eigenvalue weighted by Crippen LogP contribution is -2.39. The maximum Gasteiger partial charge on any atom is 0.303 e. The van der Waals surface area contributed by atoms with Gasteiger partial charge in [0.2, 0.25) is 10.0 Å². The Morgan fingerprint density at radius 2 is 1.96 bits per heavy atom. The summed E-state index contributed by atoms with van der Waals surface area (Å²) < 4.78 is 32.3. The fourth-order valence-corrected chi connectivity index (χ4v) is 4.74. The molecule has 0 radical (unpaired) electrons. The normalized spacial score (nSPS) is 24.9. The third kappa shape index (κ3) is 3.33. The molecule has 124 valence electrons. The van der Waals surface area contributed by atoms with Crippen molar-refractivity contribution >= 4 is 16.0 Å². The fraction of sp³-hybridized carbons (Fsp3) is 0.471. The van der Waals surface area contributed by atoms with Crippen LogP contribution in [0.4, 0.5) is 0 Å². The highest BCUT2D eigenvalue weighted by molar-refractivity contribution is 7.89. The van der Waals surface area contributed by atoms with Crippen LogP contribution in [0.2, 0.25) is 0 Å². The van der Waals surface area contributed by atoms with E-state index in [1.54, 1.807) is 12.1 Å². The Morgan fingerprint density at radius 1 is 1.26 bits per heavy atom. The number of fused-ring (bicyclic) bond motifs is 1. The summed E-state index contributed by atoms with van der Waals surface area (Å²) in [7, 11) is -3.47. The molecule has 1 aromatic rings. The first-order valence-corrected chi connectivity index (χ1v) is 9.25. The summed E-state index contributed by atoms with van der Waals surface area (Å²) >= 11 is 0. The molecule has 3 rings (SSSR count). The molecule has 0 N–H and O–H groups in total. The number of benzene rings is 1. The molecule has 6 heteroatoms. The van der Waals surface area contributed by atoms with Crippen LogP contribution in [-0.2, 0) is 19.6 Å². The zero-order valence-corrected chi connectivity index (χ0v) is 14.2. The first kappa shape index (κ1) is 16.2. The minimum Gasteiger partial charge on any atom is -0.458 e. The van der Waals surface area contributed by atoms with E-state index in [9.17, 15) is 13.2 Å². The standard InChI is InChI=1S/C17H21NO4S/c1-12-3-5-17(6-4-12)23(20,21)18-8-7-14-9-16(22-13(2)19)10-15(14)11-18/h3-6,10,14,16H,7-9,11H2,1-2H3/t14-,16+/m0/s1. The van der Waals surface area contributed by atoms with Gasteiger partial charge in [-0.05, 0) is 43.9 Å². The van der Waals surface area contributed by atoms with Gasteiger partial charge in [-0.25, -0.2) is 8.42 Å². The molecule has 0 saturated carbocycles. The summed E-state index contributed by atoms with van der Waals surface area (Å²) in [6.07, 6.45) is 3.25. The molecule has 23 heavy (non-hydrogen) atoms. The van der Waals surface area contributed by atoms with Gasteiger partial charge in [-0.15, -0.1) is 0 Å². The van der Waals surface area contributed by atoms with Crippen molar-refractivity contribution in [3.63, 3.8) is 0 Å². The van der Waals surface area contributed by atoms with Gasteiger partial charge in [0, 0.05) is 20.0 Å². The highest BCUT2D eigenvalue weighted by Crippen LogP contribution is 2.36. The number of piperidine rings is 1. The van der Waals surface area contributed by atoms with Gasteiger partial charge in [0.25, 0.3) is 0 Å². The van der Waals surface area contributed by atoms with Crippen LogP contribution in [0.1, 0.15) is 25.3 Å². The Bertz CT molecular complexity index is 736. The van der Waals surface area contributed by atoms with Crippen LogP contribution in [-0.4, -0.2) is 37.9 Å². The van der Waals surface area contributed by atoms with Crippen molar-refractivity contribution in [2.24, 2.45) is 5.92 Å². The zero-order valence-electron chi connectivity index (χ0n) is 13.4.